The third kappa shape index (κ3) is 11.1. The van der Waals surface area contributed by atoms with Gasteiger partial charge in [0.05, 0.1) is 69.3 Å². The number of pyridine rings is 1. The lowest BCUT2D eigenvalue weighted by Crippen LogP contribution is -2.54. The van der Waals surface area contributed by atoms with Gasteiger partial charge in [-0.1, -0.05) is 11.3 Å². The van der Waals surface area contributed by atoms with Gasteiger partial charge < -0.3 is 38.6 Å². The van der Waals surface area contributed by atoms with Gasteiger partial charge in [0.2, 0.25) is 21.8 Å². The van der Waals surface area contributed by atoms with Crippen molar-refractivity contribution in [3.8, 4) is 28.4 Å². The summed E-state index contributed by atoms with van der Waals surface area (Å²) in [5.41, 5.74) is 3.41. The van der Waals surface area contributed by atoms with Crippen molar-refractivity contribution in [2.24, 2.45) is 7.05 Å². The van der Waals surface area contributed by atoms with Crippen molar-refractivity contribution in [2.75, 3.05) is 62.0 Å². The molecule has 0 spiro atoms. The van der Waals surface area contributed by atoms with E-state index >= 15 is 0 Å². The normalized spacial score (nSPS) is 14.9. The fourth-order valence-corrected chi connectivity index (χ4v) is 8.23. The van der Waals surface area contributed by atoms with Gasteiger partial charge in [-0.25, -0.2) is 13.1 Å². The molecular weight excluding hydrogens is 903 g/mol. The van der Waals surface area contributed by atoms with Gasteiger partial charge >= 0.3 is 0 Å². The number of imide groups is 2. The number of sulfonamides is 1. The summed E-state index contributed by atoms with van der Waals surface area (Å²) in [6.45, 7) is 4.81. The maximum Gasteiger partial charge on any atom is 0.274 e. The summed E-state index contributed by atoms with van der Waals surface area (Å²) < 4.78 is 59.9. The third-order valence-corrected chi connectivity index (χ3v) is 12.4. The molecule has 0 radical (unpaired) electrons. The number of carbonyl (C=O) groups is 4. The van der Waals surface area contributed by atoms with E-state index in [2.05, 4.69) is 30.7 Å². The lowest BCUT2D eigenvalue weighted by Gasteiger charge is -2.27. The van der Waals surface area contributed by atoms with Crippen molar-refractivity contribution >= 4 is 55.9 Å². The molecule has 3 aromatic heterocycles. The van der Waals surface area contributed by atoms with Crippen molar-refractivity contribution in [1.29, 1.82) is 0 Å². The van der Waals surface area contributed by atoms with Gasteiger partial charge in [0.1, 0.15) is 41.1 Å². The number of aromatic nitrogens is 5. The van der Waals surface area contributed by atoms with Crippen LogP contribution in [0.4, 0.5) is 11.4 Å². The predicted octanol–water partition coefficient (Wildman–Crippen LogP) is 3.82. The van der Waals surface area contributed by atoms with Crippen LogP contribution < -0.4 is 30.4 Å². The van der Waals surface area contributed by atoms with Crippen molar-refractivity contribution in [3.63, 3.8) is 0 Å². The van der Waals surface area contributed by atoms with Gasteiger partial charge in [0, 0.05) is 66.4 Å². The number of aromatic amines is 1. The van der Waals surface area contributed by atoms with Crippen LogP contribution in [0.1, 0.15) is 46.2 Å². The Labute approximate surface area is 389 Å². The number of nitrogens with zero attached hydrogens (tertiary/aromatic N) is 5. The number of hydrogen-bond donors (Lipinski definition) is 4. The number of benzene rings is 3. The molecule has 4 amide bonds. The van der Waals surface area contributed by atoms with Crippen LogP contribution >= 0.6 is 0 Å². The SMILES string of the molecule is CCS(=O)(=O)Nc1ccc(Oc2cccc(OCc3cn(CCOCCOCCOCCNc4ccc5c(c4)C(=O)N(C4CCC(=O)NC4=O)C5=O)nn3)c2)c(-c2cn(C)c(=O)c3[nH]ccc23)c1. The van der Waals surface area contributed by atoms with Gasteiger partial charge in [-0.3, -0.25) is 38.9 Å². The highest BCUT2D eigenvalue weighted by atomic mass is 32.2. The molecule has 356 valence electrons. The Morgan fingerprint density at radius 2 is 1.53 bits per heavy atom. The Hall–Kier alpha value is -7.40. The lowest BCUT2D eigenvalue weighted by atomic mass is 10.0. The molecule has 0 aliphatic carbocycles. The molecule has 2 aliphatic rings. The van der Waals surface area contributed by atoms with Crippen LogP contribution in [0, 0.1) is 0 Å². The van der Waals surface area contributed by atoms with E-state index in [-0.39, 0.29) is 41.9 Å². The first-order valence-corrected chi connectivity index (χ1v) is 23.5. The Morgan fingerprint density at radius 1 is 0.794 bits per heavy atom. The van der Waals surface area contributed by atoms with E-state index in [1.165, 1.54) is 4.57 Å². The van der Waals surface area contributed by atoms with Crippen LogP contribution in [0.2, 0.25) is 0 Å². The molecule has 1 unspecified atom stereocenters. The number of nitrogens with one attached hydrogen (secondary N) is 4. The number of piperidine rings is 1. The average molecular weight is 952 g/mol. The molecule has 0 saturated carbocycles. The quantitative estimate of drug-likeness (QED) is 0.0526. The fraction of sp³-hybridized carbons (Fsp3) is 0.326. The maximum absolute atomic E-state index is 13.0. The highest BCUT2D eigenvalue weighted by Crippen LogP contribution is 2.39. The zero-order valence-electron chi connectivity index (χ0n) is 37.2. The smallest absolute Gasteiger partial charge is 0.274 e. The molecule has 21 nitrogen and oxygen atoms in total. The van der Waals surface area contributed by atoms with Gasteiger partial charge in [0.15, 0.2) is 0 Å². The number of rotatable bonds is 23. The second-order valence-electron chi connectivity index (χ2n) is 15.8. The lowest BCUT2D eigenvalue weighted by molar-refractivity contribution is -0.136. The fourth-order valence-electron chi connectivity index (χ4n) is 7.60. The number of ether oxygens (including phenoxy) is 5. The second-order valence-corrected chi connectivity index (χ2v) is 17.8. The number of aryl methyl sites for hydroxylation is 1. The van der Waals surface area contributed by atoms with Crippen LogP contribution in [0.25, 0.3) is 22.0 Å². The molecule has 5 heterocycles. The second kappa shape index (κ2) is 21.1. The van der Waals surface area contributed by atoms with Crippen molar-refractivity contribution in [2.45, 2.75) is 39.0 Å². The van der Waals surface area contributed by atoms with Crippen molar-refractivity contribution < 1.29 is 51.3 Å². The minimum absolute atomic E-state index is 0.0566. The van der Waals surface area contributed by atoms with Gasteiger partial charge in [0.25, 0.3) is 17.4 Å². The topological polar surface area (TPSA) is 256 Å². The molecule has 1 fully saturated rings. The number of H-pyrrole nitrogens is 1. The number of hydrogen-bond acceptors (Lipinski definition) is 15. The summed E-state index contributed by atoms with van der Waals surface area (Å²) >= 11 is 0. The molecule has 2 aliphatic heterocycles. The first kappa shape index (κ1) is 47.1. The zero-order chi connectivity index (χ0) is 47.8. The number of anilines is 2. The Bertz CT molecular complexity index is 3020. The highest BCUT2D eigenvalue weighted by Gasteiger charge is 2.44. The first-order chi connectivity index (χ1) is 32.9. The van der Waals surface area contributed by atoms with Crippen LogP contribution in [0.3, 0.4) is 0 Å². The summed E-state index contributed by atoms with van der Waals surface area (Å²) in [6, 6.07) is 17.6. The van der Waals surface area contributed by atoms with E-state index in [0.717, 1.165) is 4.90 Å². The Morgan fingerprint density at radius 3 is 2.32 bits per heavy atom. The van der Waals surface area contributed by atoms with E-state index in [9.17, 15) is 32.4 Å². The molecule has 0 bridgehead atoms. The van der Waals surface area contributed by atoms with Gasteiger partial charge in [-0.2, -0.15) is 0 Å². The van der Waals surface area contributed by atoms with Gasteiger partial charge in [-0.05, 0) is 67.9 Å². The largest absolute Gasteiger partial charge is 0.487 e. The summed E-state index contributed by atoms with van der Waals surface area (Å²) in [5.74, 6) is -0.894. The van der Waals surface area contributed by atoms with Crippen LogP contribution in [-0.4, -0.2) is 119 Å². The Kier molecular flexibility index (Phi) is 14.6. The molecule has 3 aromatic carbocycles. The molecule has 22 heteroatoms. The van der Waals surface area contributed by atoms with E-state index in [4.69, 9.17) is 23.7 Å². The number of carbonyl (C=O) groups excluding carboxylic acids is 4. The molecule has 8 rings (SSSR count). The van der Waals surface area contributed by atoms with E-state index < -0.39 is 39.7 Å². The summed E-state index contributed by atoms with van der Waals surface area (Å²) in [7, 11) is -1.92. The van der Waals surface area contributed by atoms with E-state index in [1.807, 2.05) is 0 Å². The first-order valence-electron chi connectivity index (χ1n) is 21.8. The Balaban J connectivity index is 0.725. The average Bonchev–Trinajstić information content (AvgIpc) is 4.07. The minimum Gasteiger partial charge on any atom is -0.487 e. The number of fused-ring (bicyclic) bond motifs is 2. The standard InChI is InChI=1S/C46H49N9O12S/c1-3-68(61,62)51-30-8-11-40(36(24-30)38-27-53(2)46(60)42-34(38)13-14-48-42)67-33-6-4-5-32(25-33)66-28-31-26-54(52-50-31)16-18-64-20-22-65-21-19-63-17-15-47-29-7-9-35-37(23-29)45(59)55(44(35)58)39-10-12-41(56)49-43(39)57/h4-9,11,13-14,23-27,39,47-48,51H,3,10,12,15-22,28H2,1-2H3,(H,49,56,57). The van der Waals surface area contributed by atoms with Crippen LogP contribution in [0.15, 0.2) is 90.1 Å². The summed E-state index contributed by atoms with van der Waals surface area (Å²) in [4.78, 5) is 66.5. The van der Waals surface area contributed by atoms with E-state index in [1.54, 1.807) is 104 Å². The molecule has 68 heavy (non-hydrogen) atoms. The summed E-state index contributed by atoms with van der Waals surface area (Å²) in [6.07, 6.45) is 5.29. The predicted molar refractivity (Wildman–Crippen MR) is 247 cm³/mol. The summed E-state index contributed by atoms with van der Waals surface area (Å²) in [5, 5.41) is 14.4. The molecular formula is C46H49N9O12S. The highest BCUT2D eigenvalue weighted by molar-refractivity contribution is 7.92. The minimum atomic E-state index is -3.56. The third-order valence-electron chi connectivity index (χ3n) is 11.0. The maximum atomic E-state index is 13.0. The number of amides is 4. The monoisotopic (exact) mass is 951 g/mol. The van der Waals surface area contributed by atoms with Crippen LogP contribution in [0.5, 0.6) is 17.2 Å². The van der Waals surface area contributed by atoms with Crippen molar-refractivity contribution in [3.05, 3.63) is 112 Å². The molecule has 6 aromatic rings. The van der Waals surface area contributed by atoms with Crippen LogP contribution in [-0.2, 0) is 54.0 Å². The van der Waals surface area contributed by atoms with E-state index in [0.29, 0.717) is 109 Å². The van der Waals surface area contributed by atoms with Gasteiger partial charge in [-0.15, -0.1) is 5.10 Å². The molecule has 4 N–H and O–H groups in total. The molecule has 1 atom stereocenters. The zero-order valence-corrected chi connectivity index (χ0v) is 38.0. The van der Waals surface area contributed by atoms with Crippen molar-refractivity contribution in [1.82, 2.24) is 34.8 Å². The molecule has 1 saturated heterocycles.